The lowest BCUT2D eigenvalue weighted by atomic mass is 10.1. The predicted molar refractivity (Wildman–Crippen MR) is 107 cm³/mol. The van der Waals surface area contributed by atoms with Crippen molar-refractivity contribution < 1.29 is 4.79 Å². The van der Waals surface area contributed by atoms with Crippen LogP contribution in [0.1, 0.15) is 31.3 Å². The molecule has 26 heavy (non-hydrogen) atoms. The van der Waals surface area contributed by atoms with E-state index in [1.807, 2.05) is 61.3 Å². The Balaban J connectivity index is 1.87. The topological polar surface area (TPSA) is 57.3 Å². The van der Waals surface area contributed by atoms with Crippen LogP contribution in [0, 0.1) is 0 Å². The summed E-state index contributed by atoms with van der Waals surface area (Å²) in [6, 6.07) is 11.6. The Morgan fingerprint density at radius 3 is 2.85 bits per heavy atom. The van der Waals surface area contributed by atoms with Crippen LogP contribution in [0.4, 0.5) is 0 Å². The summed E-state index contributed by atoms with van der Waals surface area (Å²) in [7, 11) is 0. The summed E-state index contributed by atoms with van der Waals surface area (Å²) in [5.41, 5.74) is 2.66. The van der Waals surface area contributed by atoms with Gasteiger partial charge < -0.3 is 15.5 Å². The van der Waals surface area contributed by atoms with Gasteiger partial charge in [0.25, 0.3) is 0 Å². The molecule has 0 radical (unpaired) electrons. The monoisotopic (exact) mass is 434 g/mol. The number of carbonyl (C=O) groups is 1. The maximum atomic E-state index is 12.3. The van der Waals surface area contributed by atoms with E-state index in [0.717, 1.165) is 21.4 Å². The van der Waals surface area contributed by atoms with Crippen molar-refractivity contribution in [1.29, 1.82) is 0 Å². The van der Waals surface area contributed by atoms with Crippen molar-refractivity contribution in [1.82, 2.24) is 20.5 Å². The zero-order valence-corrected chi connectivity index (χ0v) is 16.9. The summed E-state index contributed by atoms with van der Waals surface area (Å²) in [6.07, 6.45) is 3.49. The summed E-state index contributed by atoms with van der Waals surface area (Å²) in [5.74, 6) is -0.0323. The molecule has 1 atom stereocenters. The Morgan fingerprint density at radius 1 is 1.38 bits per heavy atom. The summed E-state index contributed by atoms with van der Waals surface area (Å²) in [5, 5.41) is 7.04. The molecule has 0 fully saturated rings. The standard InChI is InChI=1S/C19H20BrClN4O/c1-12(2)23-18(26)11-25-10-17(16-7-6-14(20)9-22-16)24-19(25)13-4-3-5-15(21)8-13/h3-10,12,19,24H,11H2,1-2H3,(H,23,26). The van der Waals surface area contributed by atoms with Crippen molar-refractivity contribution in [3.63, 3.8) is 0 Å². The Labute approximate surface area is 166 Å². The molecule has 136 valence electrons. The second kappa shape index (κ2) is 8.10. The van der Waals surface area contributed by atoms with Crippen molar-refractivity contribution in [2.24, 2.45) is 0 Å². The number of benzene rings is 1. The summed E-state index contributed by atoms with van der Waals surface area (Å²) >= 11 is 9.55. The molecule has 5 nitrogen and oxygen atoms in total. The summed E-state index contributed by atoms with van der Waals surface area (Å²) < 4.78 is 0.916. The highest BCUT2D eigenvalue weighted by Crippen LogP contribution is 2.30. The van der Waals surface area contributed by atoms with E-state index in [-0.39, 0.29) is 24.7 Å². The van der Waals surface area contributed by atoms with E-state index in [2.05, 4.69) is 31.5 Å². The number of carbonyl (C=O) groups excluding carboxylic acids is 1. The fourth-order valence-corrected chi connectivity index (χ4v) is 3.24. The fraction of sp³-hybridized carbons (Fsp3) is 0.263. The van der Waals surface area contributed by atoms with Crippen molar-refractivity contribution in [2.75, 3.05) is 6.54 Å². The first-order valence-corrected chi connectivity index (χ1v) is 9.50. The third kappa shape index (κ3) is 4.56. The number of nitrogens with zero attached hydrogens (tertiary/aromatic N) is 2. The zero-order valence-electron chi connectivity index (χ0n) is 14.5. The van der Waals surface area contributed by atoms with E-state index in [0.29, 0.717) is 5.02 Å². The summed E-state index contributed by atoms with van der Waals surface area (Å²) in [6.45, 7) is 4.13. The lowest BCUT2D eigenvalue weighted by Crippen LogP contribution is -2.40. The zero-order chi connectivity index (χ0) is 18.7. The van der Waals surface area contributed by atoms with Crippen LogP contribution in [-0.4, -0.2) is 28.4 Å². The van der Waals surface area contributed by atoms with E-state index < -0.39 is 0 Å². The van der Waals surface area contributed by atoms with Crippen molar-refractivity contribution in [3.05, 3.63) is 69.5 Å². The van der Waals surface area contributed by atoms with Gasteiger partial charge in [0.15, 0.2) is 0 Å². The van der Waals surface area contributed by atoms with Gasteiger partial charge in [-0.2, -0.15) is 0 Å². The minimum absolute atomic E-state index is 0.0323. The maximum absolute atomic E-state index is 12.3. The third-order valence-corrected chi connectivity index (χ3v) is 4.57. The van der Waals surface area contributed by atoms with E-state index in [4.69, 9.17) is 11.6 Å². The molecule has 0 saturated heterocycles. The number of nitrogens with one attached hydrogen (secondary N) is 2. The molecule has 0 spiro atoms. The molecular formula is C19H20BrClN4O. The fourth-order valence-electron chi connectivity index (χ4n) is 2.80. The van der Waals surface area contributed by atoms with Crippen LogP contribution in [0.25, 0.3) is 5.70 Å². The largest absolute Gasteiger partial charge is 0.359 e. The first-order valence-electron chi connectivity index (χ1n) is 8.33. The first-order chi connectivity index (χ1) is 12.4. The molecule has 7 heteroatoms. The van der Waals surface area contributed by atoms with Gasteiger partial charge in [-0.15, -0.1) is 0 Å². The molecule has 1 aliphatic heterocycles. The number of aromatic nitrogens is 1. The van der Waals surface area contributed by atoms with Crippen LogP contribution < -0.4 is 10.6 Å². The molecule has 0 aliphatic carbocycles. The van der Waals surface area contributed by atoms with E-state index in [1.54, 1.807) is 6.20 Å². The maximum Gasteiger partial charge on any atom is 0.239 e. The van der Waals surface area contributed by atoms with E-state index >= 15 is 0 Å². The number of halogens is 2. The normalized spacial score (nSPS) is 16.4. The van der Waals surface area contributed by atoms with Crippen LogP contribution in [0.5, 0.6) is 0 Å². The van der Waals surface area contributed by atoms with Crippen molar-refractivity contribution in [2.45, 2.75) is 26.1 Å². The average Bonchev–Trinajstić information content (AvgIpc) is 2.98. The van der Waals surface area contributed by atoms with Gasteiger partial charge in [-0.25, -0.2) is 0 Å². The van der Waals surface area contributed by atoms with E-state index in [1.165, 1.54) is 0 Å². The molecule has 1 aliphatic rings. The van der Waals surface area contributed by atoms with Crippen LogP contribution in [0.15, 0.2) is 53.3 Å². The molecule has 2 heterocycles. The number of hydrogen-bond donors (Lipinski definition) is 2. The Kier molecular flexibility index (Phi) is 5.84. The van der Waals surface area contributed by atoms with Gasteiger partial charge in [0, 0.05) is 27.9 Å². The molecule has 0 saturated carbocycles. The van der Waals surface area contributed by atoms with Crippen LogP contribution in [0.2, 0.25) is 5.02 Å². The van der Waals surface area contributed by atoms with Crippen LogP contribution in [0.3, 0.4) is 0 Å². The molecule has 1 aromatic heterocycles. The molecule has 1 amide bonds. The molecule has 1 unspecified atom stereocenters. The Morgan fingerprint density at radius 2 is 2.19 bits per heavy atom. The molecule has 0 bridgehead atoms. The predicted octanol–water partition coefficient (Wildman–Crippen LogP) is 3.92. The quantitative estimate of drug-likeness (QED) is 0.747. The third-order valence-electron chi connectivity index (χ3n) is 3.86. The SMILES string of the molecule is CC(C)NC(=O)CN1C=C(c2ccc(Br)cn2)NC1c1cccc(Cl)c1. The number of rotatable bonds is 5. The number of hydrogen-bond acceptors (Lipinski definition) is 4. The Hall–Kier alpha value is -2.05. The van der Waals surface area contributed by atoms with Gasteiger partial charge >= 0.3 is 0 Å². The second-order valence-corrected chi connectivity index (χ2v) is 7.75. The van der Waals surface area contributed by atoms with Gasteiger partial charge in [0.2, 0.25) is 5.91 Å². The number of amides is 1. The first kappa shape index (κ1) is 18.7. The minimum atomic E-state index is -0.188. The van der Waals surface area contributed by atoms with Crippen LogP contribution in [-0.2, 0) is 4.79 Å². The van der Waals surface area contributed by atoms with Crippen molar-refractivity contribution >= 4 is 39.1 Å². The van der Waals surface area contributed by atoms with Gasteiger partial charge in [0.1, 0.15) is 6.17 Å². The second-order valence-electron chi connectivity index (χ2n) is 6.40. The minimum Gasteiger partial charge on any atom is -0.359 e. The van der Waals surface area contributed by atoms with Gasteiger partial charge in [0.05, 0.1) is 17.9 Å². The highest BCUT2D eigenvalue weighted by atomic mass is 79.9. The lowest BCUT2D eigenvalue weighted by molar-refractivity contribution is -0.122. The van der Waals surface area contributed by atoms with Crippen LogP contribution >= 0.6 is 27.5 Å². The Bertz CT molecular complexity index is 823. The number of pyridine rings is 1. The highest BCUT2D eigenvalue weighted by molar-refractivity contribution is 9.10. The van der Waals surface area contributed by atoms with Gasteiger partial charge in [-0.1, -0.05) is 23.7 Å². The molecule has 1 aromatic carbocycles. The molecule has 2 N–H and O–H groups in total. The summed E-state index contributed by atoms with van der Waals surface area (Å²) in [4.78, 5) is 18.7. The lowest BCUT2D eigenvalue weighted by Gasteiger charge is -2.26. The van der Waals surface area contributed by atoms with Gasteiger partial charge in [-0.05, 0) is 59.6 Å². The van der Waals surface area contributed by atoms with Gasteiger partial charge in [-0.3, -0.25) is 9.78 Å². The highest BCUT2D eigenvalue weighted by Gasteiger charge is 2.28. The molecular weight excluding hydrogens is 416 g/mol. The van der Waals surface area contributed by atoms with Crippen molar-refractivity contribution in [3.8, 4) is 0 Å². The smallest absolute Gasteiger partial charge is 0.239 e. The average molecular weight is 436 g/mol. The van der Waals surface area contributed by atoms with E-state index in [9.17, 15) is 4.79 Å². The molecule has 2 aromatic rings. The molecule has 3 rings (SSSR count).